The number of nitrogen functional groups attached to an aromatic ring is 1. The van der Waals surface area contributed by atoms with Crippen LogP contribution >= 0.6 is 22.9 Å². The maximum atomic E-state index is 12.9. The number of hydrogen-bond acceptors (Lipinski definition) is 3. The number of nitrogens with two attached hydrogens (primary N) is 1. The van der Waals surface area contributed by atoms with Gasteiger partial charge in [0.15, 0.2) is 0 Å². The molecule has 2 heterocycles. The number of thiophene rings is 1. The Morgan fingerprint density at radius 2 is 2.00 bits per heavy atom. The molecule has 1 amide bonds. The molecular weight excluding hydrogens is 304 g/mol. The molecule has 5 heteroatoms. The van der Waals surface area contributed by atoms with Gasteiger partial charge in [-0.3, -0.25) is 4.79 Å². The molecule has 2 N–H and O–H groups in total. The van der Waals surface area contributed by atoms with Crippen molar-refractivity contribution in [1.29, 1.82) is 0 Å². The molecule has 2 aromatic rings. The van der Waals surface area contributed by atoms with Gasteiger partial charge in [0.05, 0.1) is 5.69 Å². The SMILES string of the molecule is CC1CCCC(C)N1C(=O)c1sc2ccc(Cl)cc2c1N. The van der Waals surface area contributed by atoms with E-state index in [0.717, 1.165) is 22.9 Å². The highest BCUT2D eigenvalue weighted by molar-refractivity contribution is 7.21. The lowest BCUT2D eigenvalue weighted by Gasteiger charge is -2.38. The van der Waals surface area contributed by atoms with Gasteiger partial charge in [0, 0.05) is 27.2 Å². The van der Waals surface area contributed by atoms with Crippen LogP contribution < -0.4 is 5.73 Å². The third kappa shape index (κ3) is 2.51. The molecule has 2 atom stereocenters. The maximum absolute atomic E-state index is 12.9. The first kappa shape index (κ1) is 14.7. The summed E-state index contributed by atoms with van der Waals surface area (Å²) in [5, 5.41) is 1.53. The van der Waals surface area contributed by atoms with Crippen molar-refractivity contribution in [2.24, 2.45) is 0 Å². The molecule has 1 aromatic carbocycles. The molecule has 21 heavy (non-hydrogen) atoms. The van der Waals surface area contributed by atoms with Gasteiger partial charge in [-0.15, -0.1) is 11.3 Å². The summed E-state index contributed by atoms with van der Waals surface area (Å²) in [5.41, 5.74) is 6.77. The van der Waals surface area contributed by atoms with Crippen molar-refractivity contribution >= 4 is 44.6 Å². The van der Waals surface area contributed by atoms with Crippen molar-refractivity contribution in [3.8, 4) is 0 Å². The summed E-state index contributed by atoms with van der Waals surface area (Å²) >= 11 is 7.49. The zero-order chi connectivity index (χ0) is 15.1. The van der Waals surface area contributed by atoms with E-state index in [-0.39, 0.29) is 18.0 Å². The van der Waals surface area contributed by atoms with Gasteiger partial charge in [-0.2, -0.15) is 0 Å². The minimum Gasteiger partial charge on any atom is -0.397 e. The minimum absolute atomic E-state index is 0.0597. The highest BCUT2D eigenvalue weighted by Gasteiger charge is 2.31. The number of hydrogen-bond donors (Lipinski definition) is 1. The second kappa shape index (κ2) is 5.50. The standard InChI is InChI=1S/C16H19ClN2OS/c1-9-4-3-5-10(2)19(9)16(20)15-14(18)12-8-11(17)6-7-13(12)21-15/h6-10H,3-5,18H2,1-2H3. The minimum atomic E-state index is 0.0597. The van der Waals surface area contributed by atoms with Gasteiger partial charge < -0.3 is 10.6 Å². The van der Waals surface area contributed by atoms with Crippen LogP contribution in [0.15, 0.2) is 18.2 Å². The van der Waals surface area contributed by atoms with Crippen molar-refractivity contribution in [3.63, 3.8) is 0 Å². The van der Waals surface area contributed by atoms with Crippen LogP contribution in [-0.4, -0.2) is 22.9 Å². The fourth-order valence-electron chi connectivity index (χ4n) is 3.19. The Balaban J connectivity index is 2.03. The highest BCUT2D eigenvalue weighted by atomic mass is 35.5. The number of amides is 1. The van der Waals surface area contributed by atoms with Gasteiger partial charge in [-0.1, -0.05) is 11.6 Å². The summed E-state index contributed by atoms with van der Waals surface area (Å²) in [7, 11) is 0. The van der Waals surface area contributed by atoms with Crippen molar-refractivity contribution in [2.75, 3.05) is 5.73 Å². The van der Waals surface area contributed by atoms with Crippen molar-refractivity contribution in [1.82, 2.24) is 4.90 Å². The predicted octanol–water partition coefficient (Wildman–Crippen LogP) is 4.54. The Labute approximate surface area is 133 Å². The normalized spacial score (nSPS) is 22.7. The Hall–Kier alpha value is -1.26. The van der Waals surface area contributed by atoms with Crippen LogP contribution in [0.5, 0.6) is 0 Å². The van der Waals surface area contributed by atoms with Crippen LogP contribution in [0.4, 0.5) is 5.69 Å². The number of carbonyl (C=O) groups is 1. The number of likely N-dealkylation sites (tertiary alicyclic amines) is 1. The summed E-state index contributed by atoms with van der Waals surface area (Å²) < 4.78 is 1.01. The van der Waals surface area contributed by atoms with Crippen LogP contribution in [0.3, 0.4) is 0 Å². The van der Waals surface area contributed by atoms with Crippen LogP contribution in [0, 0.1) is 0 Å². The van der Waals surface area contributed by atoms with Crippen LogP contribution in [0.1, 0.15) is 42.8 Å². The molecule has 0 radical (unpaired) electrons. The number of benzene rings is 1. The van der Waals surface area contributed by atoms with Gasteiger partial charge >= 0.3 is 0 Å². The van der Waals surface area contributed by atoms with E-state index in [4.69, 9.17) is 17.3 Å². The average molecular weight is 323 g/mol. The first-order chi connectivity index (χ1) is 9.99. The van der Waals surface area contributed by atoms with E-state index in [1.165, 1.54) is 17.8 Å². The smallest absolute Gasteiger partial charge is 0.266 e. The molecule has 1 saturated heterocycles. The summed E-state index contributed by atoms with van der Waals surface area (Å²) in [4.78, 5) is 15.6. The summed E-state index contributed by atoms with van der Waals surface area (Å²) in [6.07, 6.45) is 3.31. The molecule has 112 valence electrons. The van der Waals surface area contributed by atoms with Gasteiger partial charge in [0.25, 0.3) is 5.91 Å². The van der Waals surface area contributed by atoms with E-state index in [0.29, 0.717) is 15.6 Å². The fourth-order valence-corrected chi connectivity index (χ4v) is 4.41. The average Bonchev–Trinajstić information content (AvgIpc) is 2.76. The van der Waals surface area contributed by atoms with Crippen molar-refractivity contribution in [3.05, 3.63) is 28.1 Å². The van der Waals surface area contributed by atoms with E-state index in [2.05, 4.69) is 13.8 Å². The van der Waals surface area contributed by atoms with E-state index >= 15 is 0 Å². The molecule has 3 rings (SSSR count). The van der Waals surface area contributed by atoms with Gasteiger partial charge in [-0.25, -0.2) is 0 Å². The van der Waals surface area contributed by atoms with Gasteiger partial charge in [0.2, 0.25) is 0 Å². The first-order valence-electron chi connectivity index (χ1n) is 7.29. The molecule has 0 aliphatic carbocycles. The predicted molar refractivity (Wildman–Crippen MR) is 90.2 cm³/mol. The molecule has 1 fully saturated rings. The van der Waals surface area contributed by atoms with E-state index < -0.39 is 0 Å². The van der Waals surface area contributed by atoms with Crippen molar-refractivity contribution < 1.29 is 4.79 Å². The number of rotatable bonds is 1. The fraction of sp³-hybridized carbons (Fsp3) is 0.438. The molecule has 1 aliphatic rings. The van der Waals surface area contributed by atoms with Crippen molar-refractivity contribution in [2.45, 2.75) is 45.2 Å². The molecule has 1 aliphatic heterocycles. The van der Waals surface area contributed by atoms with Crippen LogP contribution in [0.25, 0.3) is 10.1 Å². The number of anilines is 1. The van der Waals surface area contributed by atoms with E-state index in [1.54, 1.807) is 0 Å². The van der Waals surface area contributed by atoms with E-state index in [1.807, 2.05) is 23.1 Å². The second-order valence-corrected chi connectivity index (χ2v) is 7.32. The monoisotopic (exact) mass is 322 g/mol. The molecule has 2 unspecified atom stereocenters. The first-order valence-corrected chi connectivity index (χ1v) is 8.48. The molecule has 0 saturated carbocycles. The molecule has 0 spiro atoms. The summed E-state index contributed by atoms with van der Waals surface area (Å²) in [6.45, 7) is 4.24. The lowest BCUT2D eigenvalue weighted by Crippen LogP contribution is -2.47. The Morgan fingerprint density at radius 3 is 2.67 bits per heavy atom. The molecular formula is C16H19ClN2OS. The second-order valence-electron chi connectivity index (χ2n) is 5.83. The number of piperidine rings is 1. The third-order valence-electron chi connectivity index (χ3n) is 4.31. The van der Waals surface area contributed by atoms with Crippen LogP contribution in [0.2, 0.25) is 5.02 Å². The highest BCUT2D eigenvalue weighted by Crippen LogP contribution is 2.37. The zero-order valence-electron chi connectivity index (χ0n) is 12.2. The lowest BCUT2D eigenvalue weighted by molar-refractivity contribution is 0.0517. The van der Waals surface area contributed by atoms with Gasteiger partial charge in [-0.05, 0) is 51.3 Å². The molecule has 3 nitrogen and oxygen atoms in total. The number of carbonyl (C=O) groups excluding carboxylic acids is 1. The Bertz CT molecular complexity index is 687. The molecule has 1 aromatic heterocycles. The van der Waals surface area contributed by atoms with Crippen LogP contribution in [-0.2, 0) is 0 Å². The molecule has 0 bridgehead atoms. The lowest BCUT2D eigenvalue weighted by atomic mass is 9.97. The quantitative estimate of drug-likeness (QED) is 0.837. The Morgan fingerprint density at radius 1 is 1.33 bits per heavy atom. The number of nitrogens with zero attached hydrogens (tertiary/aromatic N) is 1. The number of fused-ring (bicyclic) bond motifs is 1. The summed E-state index contributed by atoms with van der Waals surface area (Å²) in [6, 6.07) is 6.14. The van der Waals surface area contributed by atoms with Gasteiger partial charge in [0.1, 0.15) is 4.88 Å². The largest absolute Gasteiger partial charge is 0.397 e. The Kier molecular flexibility index (Phi) is 3.84. The van der Waals surface area contributed by atoms with E-state index in [9.17, 15) is 4.79 Å². The third-order valence-corrected chi connectivity index (χ3v) is 5.72. The summed E-state index contributed by atoms with van der Waals surface area (Å²) in [5.74, 6) is 0.0597. The topological polar surface area (TPSA) is 46.3 Å². The maximum Gasteiger partial charge on any atom is 0.266 e. The zero-order valence-corrected chi connectivity index (χ0v) is 13.8. The number of halogens is 1.